The molecule has 3 heteroatoms. The fourth-order valence-electron chi connectivity index (χ4n) is 1.78. The summed E-state index contributed by atoms with van der Waals surface area (Å²) in [6.45, 7) is 14.2. The summed E-state index contributed by atoms with van der Waals surface area (Å²) in [5, 5.41) is 1.68. The van der Waals surface area contributed by atoms with Gasteiger partial charge in [0, 0.05) is 7.11 Å². The summed E-state index contributed by atoms with van der Waals surface area (Å²) in [5.74, 6) is 0.981. The molecule has 0 aliphatic rings. The second kappa shape index (κ2) is 5.45. The highest BCUT2D eigenvalue weighted by atomic mass is 28.3. The van der Waals surface area contributed by atoms with Gasteiger partial charge in [-0.25, -0.2) is 0 Å². The Kier molecular flexibility index (Phi) is 4.62. The van der Waals surface area contributed by atoms with Crippen LogP contribution in [0.25, 0.3) is 0 Å². The van der Waals surface area contributed by atoms with Gasteiger partial charge in [-0.05, 0) is 23.2 Å². The SMILES string of the molecule is COCOc1ccc(C)cc1[Si](C)(C)C(C)(C)C. The molecule has 0 bridgehead atoms. The number of rotatable bonds is 4. The van der Waals surface area contributed by atoms with Crippen LogP contribution in [0.3, 0.4) is 0 Å². The van der Waals surface area contributed by atoms with Gasteiger partial charge in [0.2, 0.25) is 0 Å². The molecule has 0 aromatic heterocycles. The van der Waals surface area contributed by atoms with Crippen molar-refractivity contribution in [1.29, 1.82) is 0 Å². The van der Waals surface area contributed by atoms with Gasteiger partial charge < -0.3 is 9.47 Å². The first kappa shape index (κ1) is 15.3. The first-order valence-electron chi connectivity index (χ1n) is 6.43. The van der Waals surface area contributed by atoms with Crippen molar-refractivity contribution in [3.05, 3.63) is 23.8 Å². The standard InChI is InChI=1S/C15H26O2Si/c1-12-8-9-13(17-11-16-5)14(10-12)18(6,7)15(2,3)4/h8-10H,11H2,1-7H3. The molecule has 0 atom stereocenters. The molecule has 0 amide bonds. The van der Waals surface area contributed by atoms with Crippen LogP contribution in [0.1, 0.15) is 26.3 Å². The van der Waals surface area contributed by atoms with E-state index in [4.69, 9.17) is 9.47 Å². The zero-order valence-electron chi connectivity index (χ0n) is 12.8. The number of benzene rings is 1. The van der Waals surface area contributed by atoms with E-state index in [0.29, 0.717) is 11.8 Å². The zero-order chi connectivity index (χ0) is 14.0. The molecule has 2 nitrogen and oxygen atoms in total. The van der Waals surface area contributed by atoms with Crippen molar-refractivity contribution in [1.82, 2.24) is 0 Å². The third-order valence-electron chi connectivity index (χ3n) is 4.02. The highest BCUT2D eigenvalue weighted by Crippen LogP contribution is 2.37. The highest BCUT2D eigenvalue weighted by molar-refractivity contribution is 6.92. The van der Waals surface area contributed by atoms with Crippen LogP contribution >= 0.6 is 0 Å². The van der Waals surface area contributed by atoms with E-state index >= 15 is 0 Å². The quantitative estimate of drug-likeness (QED) is 0.611. The van der Waals surface area contributed by atoms with Crippen LogP contribution in [-0.2, 0) is 4.74 Å². The minimum absolute atomic E-state index is 0.298. The van der Waals surface area contributed by atoms with Gasteiger partial charge in [0.15, 0.2) is 6.79 Å². The average molecular weight is 266 g/mol. The molecule has 0 heterocycles. The summed E-state index contributed by atoms with van der Waals surface area (Å²) >= 11 is 0. The molecule has 1 rings (SSSR count). The normalized spacial score (nSPS) is 12.6. The van der Waals surface area contributed by atoms with Crippen LogP contribution in [0.4, 0.5) is 0 Å². The lowest BCUT2D eigenvalue weighted by molar-refractivity contribution is 0.0518. The molecule has 0 aliphatic carbocycles. The summed E-state index contributed by atoms with van der Waals surface area (Å²) in [6, 6.07) is 6.45. The maximum Gasteiger partial charge on any atom is 0.188 e. The van der Waals surface area contributed by atoms with Crippen molar-refractivity contribution in [3.63, 3.8) is 0 Å². The Morgan fingerprint density at radius 2 is 1.78 bits per heavy atom. The van der Waals surface area contributed by atoms with Gasteiger partial charge >= 0.3 is 0 Å². The molecule has 1 aromatic rings. The minimum Gasteiger partial charge on any atom is -0.468 e. The summed E-state index contributed by atoms with van der Waals surface area (Å²) in [6.07, 6.45) is 0. The Hall–Kier alpha value is -0.803. The van der Waals surface area contributed by atoms with Gasteiger partial charge in [-0.3, -0.25) is 0 Å². The van der Waals surface area contributed by atoms with E-state index < -0.39 is 8.07 Å². The van der Waals surface area contributed by atoms with E-state index in [1.54, 1.807) is 7.11 Å². The van der Waals surface area contributed by atoms with Gasteiger partial charge in [0.25, 0.3) is 0 Å². The molecule has 0 unspecified atom stereocenters. The van der Waals surface area contributed by atoms with E-state index in [1.807, 2.05) is 0 Å². The Morgan fingerprint density at radius 3 is 2.28 bits per heavy atom. The fourth-order valence-corrected chi connectivity index (χ4v) is 3.95. The number of hydrogen-bond acceptors (Lipinski definition) is 2. The van der Waals surface area contributed by atoms with Gasteiger partial charge in [0.05, 0.1) is 8.07 Å². The van der Waals surface area contributed by atoms with Crippen LogP contribution < -0.4 is 9.92 Å². The van der Waals surface area contributed by atoms with Crippen molar-refractivity contribution in [2.75, 3.05) is 13.9 Å². The maximum atomic E-state index is 5.74. The van der Waals surface area contributed by atoms with Crippen LogP contribution in [0.15, 0.2) is 18.2 Å². The van der Waals surface area contributed by atoms with E-state index in [9.17, 15) is 0 Å². The van der Waals surface area contributed by atoms with Crippen molar-refractivity contribution >= 4 is 13.3 Å². The van der Waals surface area contributed by atoms with Crippen LogP contribution in [0.2, 0.25) is 18.1 Å². The van der Waals surface area contributed by atoms with E-state index in [1.165, 1.54) is 10.8 Å². The largest absolute Gasteiger partial charge is 0.468 e. The van der Waals surface area contributed by atoms with Crippen LogP contribution in [-0.4, -0.2) is 22.0 Å². The molecule has 1 aromatic carbocycles. The number of ether oxygens (including phenoxy) is 2. The lowest BCUT2D eigenvalue weighted by atomic mass is 10.2. The van der Waals surface area contributed by atoms with E-state index in [0.717, 1.165) is 5.75 Å². The maximum absolute atomic E-state index is 5.74. The van der Waals surface area contributed by atoms with Crippen molar-refractivity contribution in [3.8, 4) is 5.75 Å². The molecule has 0 spiro atoms. The smallest absolute Gasteiger partial charge is 0.188 e. The van der Waals surface area contributed by atoms with Gasteiger partial charge in [-0.2, -0.15) is 0 Å². The second-order valence-corrected chi connectivity index (χ2v) is 11.7. The highest BCUT2D eigenvalue weighted by Gasteiger charge is 2.38. The number of aryl methyl sites for hydroxylation is 1. The molecule has 102 valence electrons. The average Bonchev–Trinajstić information content (AvgIpc) is 2.25. The third-order valence-corrected chi connectivity index (χ3v) is 9.50. The molecule has 18 heavy (non-hydrogen) atoms. The molecule has 0 saturated heterocycles. The van der Waals surface area contributed by atoms with Gasteiger partial charge in [0.1, 0.15) is 5.75 Å². The Morgan fingerprint density at radius 1 is 1.17 bits per heavy atom. The Balaban J connectivity index is 3.24. The minimum atomic E-state index is -1.59. The molecular formula is C15H26O2Si. The third kappa shape index (κ3) is 3.15. The second-order valence-electron chi connectivity index (χ2n) is 6.43. The molecule has 0 N–H and O–H groups in total. The molecule has 0 aliphatic heterocycles. The molecule has 0 radical (unpaired) electrons. The van der Waals surface area contributed by atoms with Gasteiger partial charge in [-0.15, -0.1) is 0 Å². The van der Waals surface area contributed by atoms with Crippen LogP contribution in [0, 0.1) is 6.92 Å². The summed E-state index contributed by atoms with van der Waals surface area (Å²) in [7, 11) is 0.0655. The van der Waals surface area contributed by atoms with Crippen molar-refractivity contribution in [2.24, 2.45) is 0 Å². The fraction of sp³-hybridized carbons (Fsp3) is 0.600. The molecule has 0 saturated carbocycles. The predicted octanol–water partition coefficient (Wildman–Crippen LogP) is 3.69. The van der Waals surface area contributed by atoms with Crippen molar-refractivity contribution in [2.45, 2.75) is 45.8 Å². The van der Waals surface area contributed by atoms with Gasteiger partial charge in [-0.1, -0.05) is 51.6 Å². The lowest BCUT2D eigenvalue weighted by Crippen LogP contribution is -2.50. The Bertz CT molecular complexity index is 405. The zero-order valence-corrected chi connectivity index (χ0v) is 13.8. The molecule has 0 fully saturated rings. The number of methoxy groups -OCH3 is 1. The summed E-state index contributed by atoms with van der Waals surface area (Å²) < 4.78 is 10.8. The first-order valence-corrected chi connectivity index (χ1v) is 9.43. The lowest BCUT2D eigenvalue weighted by Gasteiger charge is -2.38. The molecular weight excluding hydrogens is 240 g/mol. The van der Waals surface area contributed by atoms with E-state index in [2.05, 4.69) is 59.0 Å². The Labute approximate surface area is 112 Å². The summed E-state index contributed by atoms with van der Waals surface area (Å²) in [4.78, 5) is 0. The summed E-state index contributed by atoms with van der Waals surface area (Å²) in [5.41, 5.74) is 1.29. The van der Waals surface area contributed by atoms with E-state index in [-0.39, 0.29) is 0 Å². The van der Waals surface area contributed by atoms with Crippen molar-refractivity contribution < 1.29 is 9.47 Å². The topological polar surface area (TPSA) is 18.5 Å². The predicted molar refractivity (Wildman–Crippen MR) is 80.5 cm³/mol. The van der Waals surface area contributed by atoms with Crippen LogP contribution in [0.5, 0.6) is 5.75 Å². The first-order chi connectivity index (χ1) is 8.20. The number of hydrogen-bond donors (Lipinski definition) is 0. The monoisotopic (exact) mass is 266 g/mol.